The molecular formula is C24H27F4N3O5. The summed E-state index contributed by atoms with van der Waals surface area (Å²) in [4.78, 5) is 35.1. The van der Waals surface area contributed by atoms with E-state index < -0.39 is 30.7 Å². The molecule has 3 rings (SSSR count). The maximum atomic E-state index is 13.9. The van der Waals surface area contributed by atoms with Crippen molar-refractivity contribution < 1.29 is 42.2 Å². The zero-order valence-electron chi connectivity index (χ0n) is 19.2. The summed E-state index contributed by atoms with van der Waals surface area (Å²) < 4.78 is 45.6. The second kappa shape index (κ2) is 13.0. The van der Waals surface area contributed by atoms with Gasteiger partial charge in [-0.1, -0.05) is 42.5 Å². The molecule has 2 aromatic carbocycles. The van der Waals surface area contributed by atoms with Gasteiger partial charge in [0.15, 0.2) is 0 Å². The van der Waals surface area contributed by atoms with E-state index in [1.54, 1.807) is 23.1 Å². The topological polar surface area (TPSA) is 133 Å². The quantitative estimate of drug-likeness (QED) is 0.418. The molecule has 2 amide bonds. The minimum Gasteiger partial charge on any atom is -0.475 e. The van der Waals surface area contributed by atoms with E-state index in [1.807, 2.05) is 24.3 Å². The Morgan fingerprint density at radius 2 is 1.67 bits per heavy atom. The number of aliphatic hydroxyl groups excluding tert-OH is 1. The van der Waals surface area contributed by atoms with Gasteiger partial charge < -0.3 is 26.2 Å². The Hall–Kier alpha value is -3.51. The van der Waals surface area contributed by atoms with Gasteiger partial charge in [-0.2, -0.15) is 13.2 Å². The van der Waals surface area contributed by atoms with Crippen molar-refractivity contribution in [1.29, 1.82) is 0 Å². The lowest BCUT2D eigenvalue weighted by Gasteiger charge is -2.37. The molecule has 0 saturated heterocycles. The fourth-order valence-corrected chi connectivity index (χ4v) is 3.71. The predicted octanol–water partition coefficient (Wildman–Crippen LogP) is 1.78. The van der Waals surface area contributed by atoms with Crippen LogP contribution in [0.15, 0.2) is 48.5 Å². The molecule has 196 valence electrons. The van der Waals surface area contributed by atoms with Crippen molar-refractivity contribution >= 4 is 17.8 Å². The molecular weight excluding hydrogens is 486 g/mol. The van der Waals surface area contributed by atoms with Crippen molar-refractivity contribution in [3.8, 4) is 0 Å². The van der Waals surface area contributed by atoms with Crippen LogP contribution in [0.5, 0.6) is 0 Å². The van der Waals surface area contributed by atoms with Crippen molar-refractivity contribution in [2.45, 2.75) is 44.1 Å². The third kappa shape index (κ3) is 8.61. The largest absolute Gasteiger partial charge is 0.490 e. The van der Waals surface area contributed by atoms with E-state index in [-0.39, 0.29) is 37.2 Å². The minimum absolute atomic E-state index is 0.0843. The average molecular weight is 513 g/mol. The summed E-state index contributed by atoms with van der Waals surface area (Å²) in [6.45, 7) is 0.0911. The molecule has 1 heterocycles. The van der Waals surface area contributed by atoms with Gasteiger partial charge in [0, 0.05) is 25.6 Å². The van der Waals surface area contributed by atoms with Gasteiger partial charge in [-0.25, -0.2) is 9.18 Å². The van der Waals surface area contributed by atoms with Crippen LogP contribution in [0.1, 0.15) is 23.1 Å². The number of aliphatic hydroxyl groups is 1. The fourth-order valence-electron chi connectivity index (χ4n) is 3.71. The Labute approximate surface area is 204 Å². The van der Waals surface area contributed by atoms with Crippen LogP contribution in [0.4, 0.5) is 17.6 Å². The summed E-state index contributed by atoms with van der Waals surface area (Å²) in [7, 11) is 0. The second-order valence-electron chi connectivity index (χ2n) is 8.17. The molecule has 0 saturated carbocycles. The fraction of sp³-hybridized carbons (Fsp3) is 0.375. The minimum atomic E-state index is -5.08. The number of rotatable bonds is 7. The number of carboxylic acid groups (broad SMARTS) is 1. The molecule has 0 bridgehead atoms. The number of fused-ring (bicyclic) bond motifs is 1. The van der Waals surface area contributed by atoms with Crippen LogP contribution in [-0.4, -0.2) is 64.3 Å². The number of benzene rings is 2. The van der Waals surface area contributed by atoms with Crippen LogP contribution in [0.25, 0.3) is 0 Å². The van der Waals surface area contributed by atoms with Crippen LogP contribution in [0.3, 0.4) is 0 Å². The lowest BCUT2D eigenvalue weighted by molar-refractivity contribution is -0.192. The second-order valence-corrected chi connectivity index (χ2v) is 8.17. The van der Waals surface area contributed by atoms with Gasteiger partial charge in [0.2, 0.25) is 11.8 Å². The molecule has 2 atom stereocenters. The van der Waals surface area contributed by atoms with Crippen LogP contribution in [-0.2, 0) is 33.8 Å². The monoisotopic (exact) mass is 513 g/mol. The van der Waals surface area contributed by atoms with Crippen molar-refractivity contribution in [1.82, 2.24) is 10.2 Å². The summed E-state index contributed by atoms with van der Waals surface area (Å²) in [6, 6.07) is 13.6. The third-order valence-electron chi connectivity index (χ3n) is 5.47. The maximum Gasteiger partial charge on any atom is 0.490 e. The Morgan fingerprint density at radius 3 is 2.25 bits per heavy atom. The SMILES string of the molecule is N[C@@H](CC(=O)N1Cc2ccccc2C[C@H]1CNC(=O)CO)Cc1ccccc1F.O=C(O)C(F)(F)F. The lowest BCUT2D eigenvalue weighted by atomic mass is 9.93. The predicted molar refractivity (Wildman–Crippen MR) is 121 cm³/mol. The van der Waals surface area contributed by atoms with Gasteiger partial charge in [-0.15, -0.1) is 0 Å². The Kier molecular flexibility index (Phi) is 10.4. The van der Waals surface area contributed by atoms with Crippen LogP contribution in [0, 0.1) is 5.82 Å². The van der Waals surface area contributed by atoms with E-state index in [0.29, 0.717) is 18.5 Å². The molecule has 0 fully saturated rings. The van der Waals surface area contributed by atoms with E-state index in [9.17, 15) is 27.2 Å². The first-order valence-electron chi connectivity index (χ1n) is 10.9. The number of nitrogens with zero attached hydrogens (tertiary/aromatic N) is 1. The average Bonchev–Trinajstić information content (AvgIpc) is 2.83. The molecule has 0 aromatic heterocycles. The van der Waals surface area contributed by atoms with Crippen molar-refractivity contribution in [3.05, 3.63) is 71.0 Å². The number of carboxylic acids is 1. The molecule has 8 nitrogen and oxygen atoms in total. The van der Waals surface area contributed by atoms with E-state index in [2.05, 4.69) is 5.32 Å². The molecule has 0 radical (unpaired) electrons. The number of hydrogen-bond donors (Lipinski definition) is 4. The zero-order chi connectivity index (χ0) is 26.9. The molecule has 2 aromatic rings. The number of halogens is 4. The molecule has 5 N–H and O–H groups in total. The molecule has 1 aliphatic rings. The van der Waals surface area contributed by atoms with Gasteiger partial charge in [0.1, 0.15) is 12.4 Å². The Morgan fingerprint density at radius 1 is 1.08 bits per heavy atom. The molecule has 0 unspecified atom stereocenters. The number of alkyl halides is 3. The zero-order valence-corrected chi connectivity index (χ0v) is 19.2. The number of carbonyl (C=O) groups excluding carboxylic acids is 2. The molecule has 0 spiro atoms. The molecule has 36 heavy (non-hydrogen) atoms. The molecule has 12 heteroatoms. The summed E-state index contributed by atoms with van der Waals surface area (Å²) in [5.74, 6) is -3.70. The first-order chi connectivity index (χ1) is 16.9. The summed E-state index contributed by atoms with van der Waals surface area (Å²) in [5, 5.41) is 18.7. The normalized spacial score (nSPS) is 15.7. The van der Waals surface area contributed by atoms with E-state index in [0.717, 1.165) is 11.1 Å². The summed E-state index contributed by atoms with van der Waals surface area (Å²) >= 11 is 0. The van der Waals surface area contributed by atoms with Crippen LogP contribution in [0.2, 0.25) is 0 Å². The Bertz CT molecular complexity index is 1060. The Balaban J connectivity index is 0.000000572. The summed E-state index contributed by atoms with van der Waals surface area (Å²) in [6.07, 6.45) is -4.12. The number of nitrogens with one attached hydrogen (secondary N) is 1. The van der Waals surface area contributed by atoms with E-state index in [4.69, 9.17) is 20.7 Å². The molecule has 1 aliphatic heterocycles. The number of hydrogen-bond acceptors (Lipinski definition) is 5. The van der Waals surface area contributed by atoms with Crippen molar-refractivity contribution in [2.24, 2.45) is 5.73 Å². The lowest BCUT2D eigenvalue weighted by Crippen LogP contribution is -2.51. The summed E-state index contributed by atoms with van der Waals surface area (Å²) in [5.41, 5.74) is 8.84. The van der Waals surface area contributed by atoms with Crippen LogP contribution < -0.4 is 11.1 Å². The van der Waals surface area contributed by atoms with Crippen molar-refractivity contribution in [2.75, 3.05) is 13.2 Å². The highest BCUT2D eigenvalue weighted by atomic mass is 19.4. The first kappa shape index (κ1) is 28.7. The number of carbonyl (C=O) groups is 3. The number of amides is 2. The number of nitrogens with two attached hydrogens (primary N) is 1. The van der Waals surface area contributed by atoms with E-state index in [1.165, 1.54) is 6.07 Å². The van der Waals surface area contributed by atoms with Gasteiger partial charge in [0.05, 0.1) is 6.04 Å². The smallest absolute Gasteiger partial charge is 0.475 e. The van der Waals surface area contributed by atoms with E-state index >= 15 is 0 Å². The van der Waals surface area contributed by atoms with Gasteiger partial charge in [0.25, 0.3) is 0 Å². The highest BCUT2D eigenvalue weighted by molar-refractivity contribution is 5.79. The maximum absolute atomic E-state index is 13.9. The first-order valence-corrected chi connectivity index (χ1v) is 10.9. The van der Waals surface area contributed by atoms with Gasteiger partial charge in [-0.3, -0.25) is 9.59 Å². The van der Waals surface area contributed by atoms with Gasteiger partial charge in [-0.05, 0) is 35.6 Å². The molecule has 0 aliphatic carbocycles. The highest BCUT2D eigenvalue weighted by Crippen LogP contribution is 2.24. The third-order valence-corrected chi connectivity index (χ3v) is 5.47. The number of aliphatic carboxylic acids is 1. The van der Waals surface area contributed by atoms with Crippen LogP contribution >= 0.6 is 0 Å². The van der Waals surface area contributed by atoms with Gasteiger partial charge >= 0.3 is 12.1 Å². The standard InChI is InChI=1S/C22H26FN3O3.C2HF3O2/c23-20-8-4-3-6-16(20)9-18(24)11-22(29)26-13-17-7-2-1-5-15(17)10-19(26)12-25-21(28)14-27;3-2(4,5)1(6)7/h1-8,18-19,27H,9-14,24H2,(H,25,28);(H,6,7)/t18-,19+;/m1./s1. The van der Waals surface area contributed by atoms with Crippen molar-refractivity contribution in [3.63, 3.8) is 0 Å². The highest BCUT2D eigenvalue weighted by Gasteiger charge is 2.38.